The minimum Gasteiger partial charge on any atom is -0.457 e. The first-order valence-electron chi connectivity index (χ1n) is 20.1. The minimum absolute atomic E-state index is 0.593. The van der Waals surface area contributed by atoms with Gasteiger partial charge in [0.15, 0.2) is 23.3 Å². The van der Waals surface area contributed by atoms with E-state index in [1.54, 1.807) is 0 Å². The lowest BCUT2D eigenvalue weighted by atomic mass is 9.65. The summed E-state index contributed by atoms with van der Waals surface area (Å²) < 4.78 is 6.75. The molecular weight excluding hydrogens is 735 g/mol. The summed E-state index contributed by atoms with van der Waals surface area (Å²) in [6, 6.07) is 68.8. The molecule has 1 aliphatic heterocycles. The number of rotatable bonds is 5. The molecular formula is C54H33N5O. The number of para-hydroxylation sites is 3. The van der Waals surface area contributed by atoms with Gasteiger partial charge in [-0.1, -0.05) is 182 Å². The lowest BCUT2D eigenvalue weighted by molar-refractivity contribution is 0.436. The fraction of sp³-hybridized carbons (Fsp3) is 0.0185. The first-order valence-corrected chi connectivity index (χ1v) is 20.1. The highest BCUT2D eigenvalue weighted by Gasteiger charge is 2.53. The lowest BCUT2D eigenvalue weighted by Gasteiger charge is -2.40. The van der Waals surface area contributed by atoms with Crippen molar-refractivity contribution in [3.05, 3.63) is 222 Å². The molecule has 0 bridgehead atoms. The number of benzene rings is 8. The Balaban J connectivity index is 1.20. The molecule has 0 atom stereocenters. The number of aromatic nitrogens is 5. The monoisotopic (exact) mass is 767 g/mol. The van der Waals surface area contributed by atoms with Crippen molar-refractivity contribution in [3.63, 3.8) is 0 Å². The maximum absolute atomic E-state index is 6.75. The second kappa shape index (κ2) is 13.5. The van der Waals surface area contributed by atoms with E-state index in [4.69, 9.17) is 29.7 Å². The van der Waals surface area contributed by atoms with Crippen molar-refractivity contribution < 1.29 is 4.74 Å². The van der Waals surface area contributed by atoms with E-state index in [2.05, 4.69) is 115 Å². The van der Waals surface area contributed by atoms with Crippen molar-refractivity contribution in [2.45, 2.75) is 5.41 Å². The van der Waals surface area contributed by atoms with Gasteiger partial charge in [0.1, 0.15) is 11.5 Å². The summed E-state index contributed by atoms with van der Waals surface area (Å²) in [6.07, 6.45) is 0. The molecule has 280 valence electrons. The summed E-state index contributed by atoms with van der Waals surface area (Å²) in [4.78, 5) is 26.4. The molecule has 6 heteroatoms. The Morgan fingerprint density at radius 2 is 0.817 bits per heavy atom. The first kappa shape index (κ1) is 34.0. The van der Waals surface area contributed by atoms with Gasteiger partial charge >= 0.3 is 0 Å². The second-order valence-corrected chi connectivity index (χ2v) is 15.1. The van der Waals surface area contributed by atoms with Gasteiger partial charge in [-0.15, -0.1) is 0 Å². The zero-order valence-electron chi connectivity index (χ0n) is 32.2. The summed E-state index contributed by atoms with van der Waals surface area (Å²) in [5.74, 6) is 4.07. The molecule has 10 aromatic rings. The molecule has 1 spiro atoms. The van der Waals surface area contributed by atoms with E-state index >= 15 is 0 Å². The predicted molar refractivity (Wildman–Crippen MR) is 237 cm³/mol. The van der Waals surface area contributed by atoms with Crippen LogP contribution in [0.4, 0.5) is 0 Å². The summed E-state index contributed by atoms with van der Waals surface area (Å²) in [5, 5.41) is 1.00. The number of ether oxygens (including phenoxy) is 1. The minimum atomic E-state index is -0.817. The Morgan fingerprint density at radius 1 is 0.333 bits per heavy atom. The van der Waals surface area contributed by atoms with E-state index in [0.29, 0.717) is 23.3 Å². The van der Waals surface area contributed by atoms with Crippen molar-refractivity contribution in [3.8, 4) is 79.4 Å². The molecule has 0 fully saturated rings. The third kappa shape index (κ3) is 5.11. The van der Waals surface area contributed by atoms with Gasteiger partial charge < -0.3 is 4.74 Å². The molecule has 0 radical (unpaired) electrons. The first-order chi connectivity index (χ1) is 29.8. The SMILES string of the molecule is c1ccc(-c2nc(-c3ccccc3)nc(-c3cccc4c3-c3cccc(-c5nc(-c6ccccc6)c6ccccc6n5)c3C43c4ccccc4Oc4ccccc43)n2)cc1. The number of hydrogen-bond donors (Lipinski definition) is 0. The summed E-state index contributed by atoms with van der Waals surface area (Å²) in [7, 11) is 0. The highest BCUT2D eigenvalue weighted by molar-refractivity contribution is 6.00. The fourth-order valence-corrected chi connectivity index (χ4v) is 9.32. The highest BCUT2D eigenvalue weighted by Crippen LogP contribution is 2.65. The zero-order chi connectivity index (χ0) is 39.6. The summed E-state index contributed by atoms with van der Waals surface area (Å²) in [5.41, 5.74) is 12.1. The molecule has 8 aromatic carbocycles. The smallest absolute Gasteiger partial charge is 0.164 e. The van der Waals surface area contributed by atoms with Crippen LogP contribution in [0.5, 0.6) is 11.5 Å². The van der Waals surface area contributed by atoms with Gasteiger partial charge in [0, 0.05) is 44.3 Å². The van der Waals surface area contributed by atoms with Gasteiger partial charge in [-0.05, 0) is 40.5 Å². The van der Waals surface area contributed by atoms with Gasteiger partial charge in [0.05, 0.1) is 16.6 Å². The van der Waals surface area contributed by atoms with Crippen LogP contribution in [-0.4, -0.2) is 24.9 Å². The zero-order valence-corrected chi connectivity index (χ0v) is 32.2. The Hall–Kier alpha value is -8.09. The molecule has 0 amide bonds. The average molecular weight is 768 g/mol. The summed E-state index contributed by atoms with van der Waals surface area (Å²) in [6.45, 7) is 0. The standard InChI is InChI=1S/C54H33N5O/c1-4-18-34(19-5-1)49-37-24-10-13-31-44(37)55-53(56-49)40-27-16-25-38-47-39(52-58-50(35-20-6-2-7-21-35)57-51(59-52)36-22-8-3-9-23-36)26-17-30-43(47)54(48(38)40)41-28-11-14-32-45(41)60-46-33-15-12-29-42(46)54/h1-33H. The molecule has 2 aromatic heterocycles. The lowest BCUT2D eigenvalue weighted by Crippen LogP contribution is -2.32. The molecule has 6 nitrogen and oxygen atoms in total. The Kier molecular flexibility index (Phi) is 7.65. The fourth-order valence-electron chi connectivity index (χ4n) is 9.32. The van der Waals surface area contributed by atoms with E-state index in [1.807, 2.05) is 84.9 Å². The quantitative estimate of drug-likeness (QED) is 0.174. The van der Waals surface area contributed by atoms with Crippen molar-refractivity contribution >= 4 is 10.9 Å². The van der Waals surface area contributed by atoms with E-state index in [9.17, 15) is 0 Å². The van der Waals surface area contributed by atoms with Crippen LogP contribution in [0, 0.1) is 0 Å². The second-order valence-electron chi connectivity index (χ2n) is 15.1. The van der Waals surface area contributed by atoms with Crippen LogP contribution in [0.1, 0.15) is 22.3 Å². The molecule has 0 unspecified atom stereocenters. The van der Waals surface area contributed by atoms with Gasteiger partial charge in [-0.2, -0.15) is 0 Å². The molecule has 1 aliphatic carbocycles. The van der Waals surface area contributed by atoms with E-state index in [-0.39, 0.29) is 0 Å². The highest BCUT2D eigenvalue weighted by atomic mass is 16.5. The Labute approximate surface area is 346 Å². The molecule has 0 saturated carbocycles. The van der Waals surface area contributed by atoms with Crippen LogP contribution >= 0.6 is 0 Å². The van der Waals surface area contributed by atoms with Gasteiger partial charge in [0.25, 0.3) is 0 Å². The van der Waals surface area contributed by atoms with E-state index in [1.165, 1.54) is 0 Å². The topological polar surface area (TPSA) is 73.7 Å². The van der Waals surface area contributed by atoms with Crippen LogP contribution < -0.4 is 4.74 Å². The van der Waals surface area contributed by atoms with Crippen molar-refractivity contribution in [1.29, 1.82) is 0 Å². The Bertz CT molecular complexity index is 3190. The molecule has 3 heterocycles. The maximum Gasteiger partial charge on any atom is 0.164 e. The van der Waals surface area contributed by atoms with Crippen LogP contribution in [0.2, 0.25) is 0 Å². The molecule has 12 rings (SSSR count). The van der Waals surface area contributed by atoms with Crippen molar-refractivity contribution in [1.82, 2.24) is 24.9 Å². The molecule has 60 heavy (non-hydrogen) atoms. The molecule has 0 saturated heterocycles. The van der Waals surface area contributed by atoms with Crippen molar-refractivity contribution in [2.75, 3.05) is 0 Å². The van der Waals surface area contributed by atoms with E-state index in [0.717, 1.165) is 89.3 Å². The predicted octanol–water partition coefficient (Wildman–Crippen LogP) is 12.6. The number of nitrogens with zero attached hydrogens (tertiary/aromatic N) is 5. The average Bonchev–Trinajstić information content (AvgIpc) is 3.63. The third-order valence-corrected chi connectivity index (χ3v) is 11.8. The number of hydrogen-bond acceptors (Lipinski definition) is 6. The number of fused-ring (bicyclic) bond motifs is 10. The van der Waals surface area contributed by atoms with Crippen LogP contribution in [0.15, 0.2) is 200 Å². The third-order valence-electron chi connectivity index (χ3n) is 11.8. The van der Waals surface area contributed by atoms with Crippen molar-refractivity contribution in [2.24, 2.45) is 0 Å². The van der Waals surface area contributed by atoms with E-state index < -0.39 is 5.41 Å². The summed E-state index contributed by atoms with van der Waals surface area (Å²) >= 11 is 0. The molecule has 2 aliphatic rings. The normalized spacial score (nSPS) is 12.9. The van der Waals surface area contributed by atoms with Gasteiger partial charge in [0.2, 0.25) is 0 Å². The van der Waals surface area contributed by atoms with Crippen LogP contribution in [0.3, 0.4) is 0 Å². The van der Waals surface area contributed by atoms with Gasteiger partial charge in [-0.25, -0.2) is 24.9 Å². The van der Waals surface area contributed by atoms with Gasteiger partial charge in [-0.3, -0.25) is 0 Å². The van der Waals surface area contributed by atoms with Crippen LogP contribution in [-0.2, 0) is 5.41 Å². The largest absolute Gasteiger partial charge is 0.457 e. The van der Waals surface area contributed by atoms with Crippen LogP contribution in [0.25, 0.3) is 78.8 Å². The Morgan fingerprint density at radius 3 is 1.48 bits per heavy atom. The molecule has 0 N–H and O–H groups in total. The maximum atomic E-state index is 6.75.